The lowest BCUT2D eigenvalue weighted by molar-refractivity contribution is 0.312. The first-order chi connectivity index (χ1) is 22.3. The molecule has 0 spiro atoms. The number of hydrogen-bond acceptors (Lipinski definition) is 4. The van der Waals surface area contributed by atoms with Crippen molar-refractivity contribution in [2.75, 3.05) is 11.5 Å². The van der Waals surface area contributed by atoms with Gasteiger partial charge in [-0.1, -0.05) is 49.7 Å². The average Bonchev–Trinajstić information content (AvgIpc) is 3.08. The molecule has 1 aliphatic rings. The van der Waals surface area contributed by atoms with Crippen molar-refractivity contribution in [1.82, 2.24) is 0 Å². The molecule has 5 aromatic rings. The van der Waals surface area contributed by atoms with Crippen molar-refractivity contribution >= 4 is 11.4 Å². The first kappa shape index (κ1) is 31.2. The van der Waals surface area contributed by atoms with Gasteiger partial charge in [0.15, 0.2) is 23.1 Å². The maximum Gasteiger partial charge on any atom is 0.166 e. The molecule has 0 aliphatic heterocycles. The van der Waals surface area contributed by atoms with E-state index in [1.807, 2.05) is 12.1 Å². The van der Waals surface area contributed by atoms with E-state index in [2.05, 4.69) is 31.2 Å². The van der Waals surface area contributed by atoms with Crippen LogP contribution in [0.15, 0.2) is 109 Å². The molecular weight excluding hydrogens is 578 g/mol. The zero-order valence-corrected chi connectivity index (χ0v) is 26.1. The maximum absolute atomic E-state index is 15.7. The van der Waals surface area contributed by atoms with Crippen molar-refractivity contribution in [3.05, 3.63) is 143 Å². The molecule has 1 saturated carbocycles. The number of nitrogens with two attached hydrogens (primary N) is 2. The van der Waals surface area contributed by atoms with Crippen molar-refractivity contribution in [1.29, 1.82) is 0 Å². The average molecular weight is 619 g/mol. The van der Waals surface area contributed by atoms with Crippen molar-refractivity contribution in [3.8, 4) is 23.0 Å². The van der Waals surface area contributed by atoms with Crippen molar-refractivity contribution < 1.29 is 18.3 Å². The number of rotatable bonds is 10. The fourth-order valence-electron chi connectivity index (χ4n) is 6.61. The number of anilines is 2. The Hall–Kier alpha value is -4.84. The molecule has 0 amide bonds. The van der Waals surface area contributed by atoms with E-state index in [0.717, 1.165) is 43.2 Å². The Balaban J connectivity index is 1.30. The standard InChI is InChI=1S/C40H40F2N2O2/c1-2-3-4-27-5-7-28(8-6-27)29-21-23-40(24-22-29,30-9-19-38(36(41)25-30)45-34-15-11-32(43)12-16-34)31-10-20-39(37(42)26-31)46-35-17-13-33(44)14-18-35/h5-20,25-26,29H,2-4,21-24,43-44H2,1H3. The molecule has 0 aromatic heterocycles. The summed E-state index contributed by atoms with van der Waals surface area (Å²) in [6.07, 6.45) is 6.73. The number of unbranched alkanes of at least 4 members (excludes halogenated alkanes) is 1. The third-order valence-corrected chi connectivity index (χ3v) is 9.29. The van der Waals surface area contributed by atoms with Gasteiger partial charge in [0, 0.05) is 16.8 Å². The minimum Gasteiger partial charge on any atom is -0.454 e. The van der Waals surface area contributed by atoms with Gasteiger partial charge in [0.25, 0.3) is 0 Å². The Morgan fingerprint density at radius 3 is 1.57 bits per heavy atom. The minimum absolute atomic E-state index is 0.124. The van der Waals surface area contributed by atoms with Crippen LogP contribution in [-0.4, -0.2) is 0 Å². The summed E-state index contributed by atoms with van der Waals surface area (Å²) >= 11 is 0. The SMILES string of the molecule is CCCCc1ccc(C2CCC(c3ccc(Oc4ccc(N)cc4)c(F)c3)(c3ccc(Oc4ccc(N)cc4)c(F)c3)CC2)cc1. The molecule has 0 heterocycles. The van der Waals surface area contributed by atoms with Gasteiger partial charge in [-0.05, 0) is 139 Å². The molecule has 0 saturated heterocycles. The summed E-state index contributed by atoms with van der Waals surface area (Å²) in [5.41, 5.74) is 16.5. The summed E-state index contributed by atoms with van der Waals surface area (Å²) < 4.78 is 43.0. The maximum atomic E-state index is 15.7. The van der Waals surface area contributed by atoms with Crippen LogP contribution in [0.4, 0.5) is 20.2 Å². The number of ether oxygens (including phenoxy) is 2. The van der Waals surface area contributed by atoms with Crippen LogP contribution >= 0.6 is 0 Å². The number of benzene rings is 5. The molecule has 6 heteroatoms. The lowest BCUT2D eigenvalue weighted by Crippen LogP contribution is -2.33. The van der Waals surface area contributed by atoms with Gasteiger partial charge in [0.1, 0.15) is 11.5 Å². The Labute approximate surface area is 270 Å². The van der Waals surface area contributed by atoms with Gasteiger partial charge in [-0.2, -0.15) is 0 Å². The van der Waals surface area contributed by atoms with E-state index in [1.165, 1.54) is 24.0 Å². The molecule has 46 heavy (non-hydrogen) atoms. The van der Waals surface area contributed by atoms with Gasteiger partial charge >= 0.3 is 0 Å². The molecule has 4 nitrogen and oxygen atoms in total. The van der Waals surface area contributed by atoms with Crippen LogP contribution in [-0.2, 0) is 11.8 Å². The van der Waals surface area contributed by atoms with E-state index in [0.29, 0.717) is 28.8 Å². The topological polar surface area (TPSA) is 70.5 Å². The molecule has 0 bridgehead atoms. The molecule has 0 atom stereocenters. The monoisotopic (exact) mass is 618 g/mol. The zero-order valence-electron chi connectivity index (χ0n) is 26.1. The van der Waals surface area contributed by atoms with Crippen molar-refractivity contribution in [2.24, 2.45) is 0 Å². The fraction of sp³-hybridized carbons (Fsp3) is 0.250. The second-order valence-electron chi connectivity index (χ2n) is 12.3. The molecular formula is C40H40F2N2O2. The van der Waals surface area contributed by atoms with E-state index < -0.39 is 17.0 Å². The van der Waals surface area contributed by atoms with Gasteiger partial charge in [0.05, 0.1) is 0 Å². The summed E-state index contributed by atoms with van der Waals surface area (Å²) in [4.78, 5) is 0. The molecule has 236 valence electrons. The quantitative estimate of drug-likeness (QED) is 0.153. The van der Waals surface area contributed by atoms with Crippen LogP contribution in [0.1, 0.15) is 73.6 Å². The molecule has 6 rings (SSSR count). The van der Waals surface area contributed by atoms with Crippen molar-refractivity contribution in [3.63, 3.8) is 0 Å². The molecule has 4 N–H and O–H groups in total. The second kappa shape index (κ2) is 13.7. The number of aryl methyl sites for hydroxylation is 1. The smallest absolute Gasteiger partial charge is 0.166 e. The molecule has 0 unspecified atom stereocenters. The zero-order chi connectivity index (χ0) is 32.1. The molecule has 1 fully saturated rings. The summed E-state index contributed by atoms with van der Waals surface area (Å²) in [7, 11) is 0. The number of hydrogen-bond donors (Lipinski definition) is 2. The van der Waals surface area contributed by atoms with Crippen LogP contribution in [0.25, 0.3) is 0 Å². The van der Waals surface area contributed by atoms with E-state index in [9.17, 15) is 0 Å². The minimum atomic E-state index is -0.585. The van der Waals surface area contributed by atoms with Gasteiger partial charge < -0.3 is 20.9 Å². The van der Waals surface area contributed by atoms with E-state index >= 15 is 8.78 Å². The first-order valence-corrected chi connectivity index (χ1v) is 16.1. The predicted molar refractivity (Wildman–Crippen MR) is 182 cm³/mol. The van der Waals surface area contributed by atoms with E-state index in [1.54, 1.807) is 72.8 Å². The highest BCUT2D eigenvalue weighted by Gasteiger charge is 2.40. The predicted octanol–water partition coefficient (Wildman–Crippen LogP) is 10.7. The van der Waals surface area contributed by atoms with Crippen LogP contribution < -0.4 is 20.9 Å². The molecule has 0 radical (unpaired) electrons. The Morgan fingerprint density at radius 1 is 0.652 bits per heavy atom. The van der Waals surface area contributed by atoms with Gasteiger partial charge in [0.2, 0.25) is 0 Å². The number of halogens is 2. The van der Waals surface area contributed by atoms with Gasteiger partial charge in [-0.3, -0.25) is 0 Å². The number of nitrogen functional groups attached to an aromatic ring is 2. The Bertz CT molecular complexity index is 1660. The second-order valence-corrected chi connectivity index (χ2v) is 12.3. The molecule has 5 aromatic carbocycles. The largest absolute Gasteiger partial charge is 0.454 e. The summed E-state index contributed by atoms with van der Waals surface area (Å²) in [5, 5.41) is 0. The lowest BCUT2D eigenvalue weighted by Gasteiger charge is -2.42. The van der Waals surface area contributed by atoms with Crippen molar-refractivity contribution in [2.45, 2.75) is 63.2 Å². The van der Waals surface area contributed by atoms with Crippen LogP contribution in [0.2, 0.25) is 0 Å². The van der Waals surface area contributed by atoms with E-state index in [-0.39, 0.29) is 11.5 Å². The Kier molecular flexibility index (Phi) is 9.25. The summed E-state index contributed by atoms with van der Waals surface area (Å²) in [6.45, 7) is 2.21. The van der Waals surface area contributed by atoms with Crippen LogP contribution in [0.5, 0.6) is 23.0 Å². The third-order valence-electron chi connectivity index (χ3n) is 9.29. The normalized spacial score (nSPS) is 14.6. The summed E-state index contributed by atoms with van der Waals surface area (Å²) in [6, 6.07) is 32.9. The third kappa shape index (κ3) is 6.86. The molecule has 1 aliphatic carbocycles. The summed E-state index contributed by atoms with van der Waals surface area (Å²) in [5.74, 6) is 0.679. The highest BCUT2D eigenvalue weighted by molar-refractivity contribution is 5.48. The fourth-order valence-corrected chi connectivity index (χ4v) is 6.61. The van der Waals surface area contributed by atoms with Crippen LogP contribution in [0.3, 0.4) is 0 Å². The van der Waals surface area contributed by atoms with Gasteiger partial charge in [-0.25, -0.2) is 8.78 Å². The van der Waals surface area contributed by atoms with E-state index in [4.69, 9.17) is 20.9 Å². The first-order valence-electron chi connectivity index (χ1n) is 16.1. The highest BCUT2D eigenvalue weighted by Crippen LogP contribution is 2.50. The Morgan fingerprint density at radius 2 is 1.13 bits per heavy atom. The van der Waals surface area contributed by atoms with Crippen LogP contribution in [0, 0.1) is 11.6 Å². The highest BCUT2D eigenvalue weighted by atomic mass is 19.1. The lowest BCUT2D eigenvalue weighted by atomic mass is 9.62. The van der Waals surface area contributed by atoms with Gasteiger partial charge in [-0.15, -0.1) is 0 Å².